The van der Waals surface area contributed by atoms with Gasteiger partial charge in [0.2, 0.25) is 0 Å². The van der Waals surface area contributed by atoms with E-state index in [9.17, 15) is 0 Å². The van der Waals surface area contributed by atoms with Gasteiger partial charge in [-0.1, -0.05) is 5.16 Å². The summed E-state index contributed by atoms with van der Waals surface area (Å²) >= 11 is 0. The second kappa shape index (κ2) is 3.93. The number of amidine groups is 1. The lowest BCUT2D eigenvalue weighted by Crippen LogP contribution is -2.42. The molecule has 1 atom stereocenters. The Kier molecular flexibility index (Phi) is 3.11. The second-order valence-corrected chi connectivity index (χ2v) is 3.79. The molecule has 1 aliphatic rings. The van der Waals surface area contributed by atoms with Crippen LogP contribution in [0.3, 0.4) is 0 Å². The van der Waals surface area contributed by atoms with Crippen LogP contribution in [0, 0.1) is 5.41 Å². The third-order valence-electron chi connectivity index (χ3n) is 2.63. The van der Waals surface area contributed by atoms with E-state index < -0.39 is 0 Å². The average molecular weight is 187 g/mol. The molecule has 1 unspecified atom stereocenters. The molecule has 0 aromatic rings. The fourth-order valence-electron chi connectivity index (χ4n) is 1.13. The lowest BCUT2D eigenvalue weighted by atomic mass is 10.1. The highest BCUT2D eigenvalue weighted by Gasteiger charge is 2.41. The van der Waals surface area contributed by atoms with E-state index >= 15 is 0 Å². The summed E-state index contributed by atoms with van der Waals surface area (Å²) in [5.74, 6) is 0.175. The van der Waals surface area contributed by atoms with Crippen molar-refractivity contribution in [1.29, 1.82) is 0 Å². The molecular formula is C8H17N3O2. The zero-order chi connectivity index (χ0) is 9.90. The normalized spacial score (nSPS) is 22.8. The predicted octanol–water partition coefficient (Wildman–Crippen LogP) is -0.517. The van der Waals surface area contributed by atoms with Crippen LogP contribution in [-0.2, 0) is 0 Å². The summed E-state index contributed by atoms with van der Waals surface area (Å²) in [5.41, 5.74) is 5.44. The standard InChI is InChI=1S/C8H17N3O2/c1-6(7(9)11-13)10-4-8(5-12)2-3-8/h6,10,12-13H,2-5H2,1H3,(H2,9,11). The monoisotopic (exact) mass is 187 g/mol. The molecule has 1 saturated carbocycles. The van der Waals surface area contributed by atoms with Gasteiger partial charge in [-0.15, -0.1) is 0 Å². The number of hydrogen-bond donors (Lipinski definition) is 4. The van der Waals surface area contributed by atoms with Crippen molar-refractivity contribution in [1.82, 2.24) is 5.32 Å². The summed E-state index contributed by atoms with van der Waals surface area (Å²) < 4.78 is 0. The Morgan fingerprint density at radius 1 is 1.69 bits per heavy atom. The summed E-state index contributed by atoms with van der Waals surface area (Å²) in [6.45, 7) is 2.76. The zero-order valence-corrected chi connectivity index (χ0v) is 7.82. The van der Waals surface area contributed by atoms with E-state index in [4.69, 9.17) is 16.0 Å². The van der Waals surface area contributed by atoms with Gasteiger partial charge in [0.25, 0.3) is 0 Å². The van der Waals surface area contributed by atoms with Gasteiger partial charge in [-0.25, -0.2) is 0 Å². The molecule has 0 radical (unpaired) electrons. The van der Waals surface area contributed by atoms with Gasteiger partial charge < -0.3 is 21.4 Å². The van der Waals surface area contributed by atoms with Crippen LogP contribution >= 0.6 is 0 Å². The first kappa shape index (κ1) is 10.3. The predicted molar refractivity (Wildman–Crippen MR) is 49.6 cm³/mol. The van der Waals surface area contributed by atoms with Gasteiger partial charge >= 0.3 is 0 Å². The number of aliphatic hydroxyl groups is 1. The van der Waals surface area contributed by atoms with Crippen molar-refractivity contribution in [3.8, 4) is 0 Å². The van der Waals surface area contributed by atoms with E-state index in [1.807, 2.05) is 6.92 Å². The first-order valence-corrected chi connectivity index (χ1v) is 4.45. The molecule has 1 rings (SSSR count). The minimum absolute atomic E-state index is 0.0595. The van der Waals surface area contributed by atoms with E-state index in [0.29, 0.717) is 0 Å². The van der Waals surface area contributed by atoms with Crippen LogP contribution in [0.15, 0.2) is 5.16 Å². The summed E-state index contributed by atoms with van der Waals surface area (Å²) in [4.78, 5) is 0. The Morgan fingerprint density at radius 3 is 2.69 bits per heavy atom. The molecule has 0 aliphatic heterocycles. The van der Waals surface area contributed by atoms with Crippen molar-refractivity contribution in [2.45, 2.75) is 25.8 Å². The Balaban J connectivity index is 2.26. The number of nitrogens with two attached hydrogens (primary N) is 1. The lowest BCUT2D eigenvalue weighted by molar-refractivity contribution is 0.206. The second-order valence-electron chi connectivity index (χ2n) is 3.79. The van der Waals surface area contributed by atoms with Gasteiger partial charge in [0.1, 0.15) is 0 Å². The minimum atomic E-state index is -0.144. The van der Waals surface area contributed by atoms with Crippen molar-refractivity contribution in [2.75, 3.05) is 13.2 Å². The van der Waals surface area contributed by atoms with E-state index in [1.165, 1.54) is 0 Å². The molecule has 0 saturated heterocycles. The van der Waals surface area contributed by atoms with Gasteiger partial charge in [-0.05, 0) is 19.8 Å². The molecule has 0 heterocycles. The molecule has 13 heavy (non-hydrogen) atoms. The molecule has 0 amide bonds. The van der Waals surface area contributed by atoms with Crippen LogP contribution in [0.25, 0.3) is 0 Å². The molecule has 0 aromatic carbocycles. The van der Waals surface area contributed by atoms with Gasteiger partial charge in [0, 0.05) is 18.6 Å². The molecular weight excluding hydrogens is 170 g/mol. The molecule has 5 heteroatoms. The van der Waals surface area contributed by atoms with Crippen molar-refractivity contribution in [3.63, 3.8) is 0 Å². The van der Waals surface area contributed by atoms with Crippen LogP contribution in [0.1, 0.15) is 19.8 Å². The molecule has 5 nitrogen and oxygen atoms in total. The van der Waals surface area contributed by atoms with E-state index in [0.717, 1.165) is 19.4 Å². The van der Waals surface area contributed by atoms with Crippen LogP contribution in [0.4, 0.5) is 0 Å². The number of nitrogens with one attached hydrogen (secondary N) is 1. The number of oxime groups is 1. The first-order chi connectivity index (χ1) is 6.13. The SMILES string of the molecule is CC(NCC1(CO)CC1)C(N)=NO. The minimum Gasteiger partial charge on any atom is -0.409 e. The maximum absolute atomic E-state index is 9.01. The summed E-state index contributed by atoms with van der Waals surface area (Å²) in [5, 5.41) is 23.4. The number of nitrogens with zero attached hydrogens (tertiary/aromatic N) is 1. The third-order valence-corrected chi connectivity index (χ3v) is 2.63. The van der Waals surface area contributed by atoms with Crippen LogP contribution < -0.4 is 11.1 Å². The van der Waals surface area contributed by atoms with Gasteiger partial charge in [-0.3, -0.25) is 0 Å². The molecule has 1 fully saturated rings. The summed E-state index contributed by atoms with van der Waals surface area (Å²) in [6.07, 6.45) is 2.11. The van der Waals surface area contributed by atoms with Crippen LogP contribution in [0.2, 0.25) is 0 Å². The molecule has 1 aliphatic carbocycles. The Labute approximate surface area is 77.6 Å². The number of aliphatic hydroxyl groups excluding tert-OH is 1. The summed E-state index contributed by atoms with van der Waals surface area (Å²) in [7, 11) is 0. The topological polar surface area (TPSA) is 90.9 Å². The molecule has 0 bridgehead atoms. The highest BCUT2D eigenvalue weighted by Crippen LogP contribution is 2.44. The highest BCUT2D eigenvalue weighted by atomic mass is 16.4. The Bertz CT molecular complexity index is 202. The van der Waals surface area contributed by atoms with Gasteiger partial charge in [0.15, 0.2) is 5.84 Å². The van der Waals surface area contributed by atoms with Crippen LogP contribution in [0.5, 0.6) is 0 Å². The number of rotatable bonds is 5. The van der Waals surface area contributed by atoms with Crippen molar-refractivity contribution < 1.29 is 10.3 Å². The third kappa shape index (κ3) is 2.57. The van der Waals surface area contributed by atoms with E-state index in [1.54, 1.807) is 0 Å². The highest BCUT2D eigenvalue weighted by molar-refractivity contribution is 5.84. The Morgan fingerprint density at radius 2 is 2.31 bits per heavy atom. The molecule has 5 N–H and O–H groups in total. The largest absolute Gasteiger partial charge is 0.409 e. The maximum atomic E-state index is 9.01. The summed E-state index contributed by atoms with van der Waals surface area (Å²) in [6, 6.07) is -0.144. The van der Waals surface area contributed by atoms with E-state index in [-0.39, 0.29) is 23.9 Å². The lowest BCUT2D eigenvalue weighted by Gasteiger charge is -2.16. The smallest absolute Gasteiger partial charge is 0.156 e. The maximum Gasteiger partial charge on any atom is 0.156 e. The quantitative estimate of drug-likeness (QED) is 0.202. The van der Waals surface area contributed by atoms with Crippen molar-refractivity contribution in [2.24, 2.45) is 16.3 Å². The first-order valence-electron chi connectivity index (χ1n) is 4.45. The molecule has 0 aromatic heterocycles. The van der Waals surface area contributed by atoms with E-state index in [2.05, 4.69) is 10.5 Å². The van der Waals surface area contributed by atoms with Gasteiger partial charge in [-0.2, -0.15) is 0 Å². The fourth-order valence-corrected chi connectivity index (χ4v) is 1.13. The molecule has 0 spiro atoms. The number of hydrogen-bond acceptors (Lipinski definition) is 4. The Hall–Kier alpha value is -0.810. The zero-order valence-electron chi connectivity index (χ0n) is 7.82. The molecule has 76 valence electrons. The van der Waals surface area contributed by atoms with Gasteiger partial charge in [0.05, 0.1) is 6.04 Å². The average Bonchev–Trinajstić information content (AvgIpc) is 2.93. The van der Waals surface area contributed by atoms with Crippen molar-refractivity contribution in [3.05, 3.63) is 0 Å². The fraction of sp³-hybridized carbons (Fsp3) is 0.875. The van der Waals surface area contributed by atoms with Crippen molar-refractivity contribution >= 4 is 5.84 Å². The van der Waals surface area contributed by atoms with Crippen LogP contribution in [-0.4, -0.2) is 35.3 Å².